The highest BCUT2D eigenvalue weighted by Crippen LogP contribution is 2.13. The molecule has 3 rings (SSSR count). The molecule has 0 bridgehead atoms. The maximum Gasteiger partial charge on any atom is 0.192 e. The topological polar surface area (TPSA) is 76.4 Å². The quantitative estimate of drug-likeness (QED) is 0.289. The van der Waals surface area contributed by atoms with Gasteiger partial charge in [-0.05, 0) is 36.1 Å². The van der Waals surface area contributed by atoms with Crippen molar-refractivity contribution in [2.24, 2.45) is 12.0 Å². The van der Waals surface area contributed by atoms with Crippen LogP contribution in [0.5, 0.6) is 5.75 Å². The molecule has 2 N–H and O–H groups in total. The number of aryl methyl sites for hydroxylation is 1. The molecule has 3 aromatic rings. The van der Waals surface area contributed by atoms with E-state index in [0.29, 0.717) is 13.1 Å². The van der Waals surface area contributed by atoms with Crippen LogP contribution in [0.25, 0.3) is 0 Å². The number of nitrogens with zero attached hydrogens (tertiary/aromatic N) is 4. The molecule has 0 atom stereocenters. The molecule has 2 aromatic heterocycles. The highest BCUT2D eigenvalue weighted by Gasteiger charge is 2.07. The van der Waals surface area contributed by atoms with Crippen LogP contribution in [0.15, 0.2) is 46.8 Å². The molecule has 7 nitrogen and oxygen atoms in total. The smallest absolute Gasteiger partial charge is 0.192 e. The molecule has 28 heavy (non-hydrogen) atoms. The Balaban J connectivity index is 0.00000280. The van der Waals surface area contributed by atoms with Crippen LogP contribution >= 0.6 is 35.3 Å². The van der Waals surface area contributed by atoms with Gasteiger partial charge < -0.3 is 19.9 Å². The second-order valence-corrected chi connectivity index (χ2v) is 7.06. The van der Waals surface area contributed by atoms with Gasteiger partial charge in [-0.1, -0.05) is 18.2 Å². The van der Waals surface area contributed by atoms with Crippen LogP contribution in [-0.4, -0.2) is 27.8 Å². The Morgan fingerprint density at radius 3 is 2.68 bits per heavy atom. The first kappa shape index (κ1) is 22.2. The molecule has 0 radical (unpaired) electrons. The average Bonchev–Trinajstić information content (AvgIpc) is 3.32. The summed E-state index contributed by atoms with van der Waals surface area (Å²) in [6.07, 6.45) is 0. The van der Waals surface area contributed by atoms with E-state index in [4.69, 9.17) is 9.73 Å². The number of thiophene rings is 1. The molecule has 0 saturated heterocycles. The molecule has 0 spiro atoms. The fraction of sp³-hybridized carbons (Fsp3) is 0.316. The van der Waals surface area contributed by atoms with E-state index >= 15 is 0 Å². The number of aromatic nitrogens is 3. The lowest BCUT2D eigenvalue weighted by atomic mass is 10.2. The number of nitrogens with one attached hydrogen (secondary N) is 2. The van der Waals surface area contributed by atoms with Crippen molar-refractivity contribution in [3.63, 3.8) is 0 Å². The average molecular weight is 512 g/mol. The van der Waals surface area contributed by atoms with Gasteiger partial charge in [-0.15, -0.1) is 45.5 Å². The Bertz CT molecular complexity index is 894. The van der Waals surface area contributed by atoms with Crippen molar-refractivity contribution in [3.05, 3.63) is 63.9 Å². The largest absolute Gasteiger partial charge is 0.497 e. The molecule has 0 aliphatic carbocycles. The van der Waals surface area contributed by atoms with Crippen molar-refractivity contribution in [1.82, 2.24) is 25.4 Å². The predicted molar refractivity (Wildman–Crippen MR) is 123 cm³/mol. The number of guanidine groups is 1. The van der Waals surface area contributed by atoms with E-state index < -0.39 is 0 Å². The molecule has 1 aromatic carbocycles. The van der Waals surface area contributed by atoms with Crippen molar-refractivity contribution in [2.45, 2.75) is 26.6 Å². The standard InChI is InChI=1S/C19H24N6OS.HI/c1-14-23-24-18(25(14)2)13-22-19(21-12-17-8-5-9-27-17)20-11-15-6-4-7-16(10-15)26-3;/h4-10H,11-13H2,1-3H3,(H2,20,21,22);1H. The summed E-state index contributed by atoms with van der Waals surface area (Å²) in [5.74, 6) is 3.30. The van der Waals surface area contributed by atoms with Gasteiger partial charge in [0.05, 0.1) is 26.7 Å². The molecule has 0 aliphatic rings. The first-order chi connectivity index (χ1) is 13.2. The summed E-state index contributed by atoms with van der Waals surface area (Å²) in [6, 6.07) is 12.1. The van der Waals surface area contributed by atoms with E-state index in [0.717, 1.165) is 35.5 Å². The lowest BCUT2D eigenvalue weighted by Gasteiger charge is -2.12. The van der Waals surface area contributed by atoms with Crippen LogP contribution in [0.3, 0.4) is 0 Å². The maximum atomic E-state index is 5.28. The third kappa shape index (κ3) is 6.20. The predicted octanol–water partition coefficient (Wildman–Crippen LogP) is 3.25. The highest BCUT2D eigenvalue weighted by molar-refractivity contribution is 14.0. The van der Waals surface area contributed by atoms with Crippen LogP contribution in [0, 0.1) is 6.92 Å². The lowest BCUT2D eigenvalue weighted by Crippen LogP contribution is -2.37. The number of benzene rings is 1. The van der Waals surface area contributed by atoms with Gasteiger partial charge in [0.2, 0.25) is 0 Å². The molecule has 0 unspecified atom stereocenters. The summed E-state index contributed by atoms with van der Waals surface area (Å²) in [5, 5.41) is 17.1. The second-order valence-electron chi connectivity index (χ2n) is 6.03. The van der Waals surface area contributed by atoms with Gasteiger partial charge in [0.15, 0.2) is 11.8 Å². The van der Waals surface area contributed by atoms with Gasteiger partial charge >= 0.3 is 0 Å². The lowest BCUT2D eigenvalue weighted by molar-refractivity contribution is 0.414. The van der Waals surface area contributed by atoms with Crippen molar-refractivity contribution >= 4 is 41.3 Å². The first-order valence-electron chi connectivity index (χ1n) is 8.68. The molecule has 0 saturated carbocycles. The first-order valence-corrected chi connectivity index (χ1v) is 9.56. The van der Waals surface area contributed by atoms with Crippen LogP contribution in [-0.2, 0) is 26.7 Å². The summed E-state index contributed by atoms with van der Waals surface area (Å²) >= 11 is 1.72. The summed E-state index contributed by atoms with van der Waals surface area (Å²) in [4.78, 5) is 5.96. The minimum absolute atomic E-state index is 0. The number of hydrogen-bond acceptors (Lipinski definition) is 5. The Kier molecular flexibility index (Phi) is 8.71. The zero-order valence-corrected chi connectivity index (χ0v) is 19.3. The van der Waals surface area contributed by atoms with Crippen LogP contribution in [0.2, 0.25) is 0 Å². The number of halogens is 1. The Labute approximate surface area is 186 Å². The minimum Gasteiger partial charge on any atom is -0.497 e. The SMILES string of the molecule is COc1cccc(CN=C(NCc2cccs2)NCc2nnc(C)n2C)c1.I. The van der Waals surface area contributed by atoms with Crippen molar-refractivity contribution in [2.75, 3.05) is 7.11 Å². The van der Waals surface area contributed by atoms with Crippen LogP contribution in [0.1, 0.15) is 22.1 Å². The highest BCUT2D eigenvalue weighted by atomic mass is 127. The fourth-order valence-electron chi connectivity index (χ4n) is 2.47. The van der Waals surface area contributed by atoms with E-state index in [1.165, 1.54) is 4.88 Å². The summed E-state index contributed by atoms with van der Waals surface area (Å²) in [6.45, 7) is 3.75. The van der Waals surface area contributed by atoms with E-state index in [2.05, 4.69) is 32.3 Å². The van der Waals surface area contributed by atoms with E-state index in [1.807, 2.05) is 48.9 Å². The summed E-state index contributed by atoms with van der Waals surface area (Å²) < 4.78 is 7.25. The van der Waals surface area contributed by atoms with Crippen molar-refractivity contribution in [1.29, 1.82) is 0 Å². The molecule has 150 valence electrons. The second kappa shape index (κ2) is 11.0. The van der Waals surface area contributed by atoms with Gasteiger partial charge in [-0.25, -0.2) is 4.99 Å². The Hall–Kier alpha value is -2.14. The van der Waals surface area contributed by atoms with Crippen LogP contribution in [0.4, 0.5) is 0 Å². The number of rotatable bonds is 7. The number of hydrogen-bond donors (Lipinski definition) is 2. The fourth-order valence-corrected chi connectivity index (χ4v) is 3.11. The molecule has 2 heterocycles. The zero-order chi connectivity index (χ0) is 19.1. The van der Waals surface area contributed by atoms with E-state index in [-0.39, 0.29) is 24.0 Å². The molecular weight excluding hydrogens is 487 g/mol. The Morgan fingerprint density at radius 1 is 1.18 bits per heavy atom. The number of ether oxygens (including phenoxy) is 1. The molecular formula is C19H25IN6OS. The van der Waals surface area contributed by atoms with E-state index in [1.54, 1.807) is 18.4 Å². The molecule has 0 amide bonds. The maximum absolute atomic E-state index is 5.28. The zero-order valence-electron chi connectivity index (χ0n) is 16.2. The molecule has 9 heteroatoms. The third-order valence-electron chi connectivity index (χ3n) is 4.16. The summed E-state index contributed by atoms with van der Waals surface area (Å²) in [7, 11) is 3.62. The van der Waals surface area contributed by atoms with Gasteiger partial charge in [-0.3, -0.25) is 0 Å². The van der Waals surface area contributed by atoms with Crippen LogP contribution < -0.4 is 15.4 Å². The van der Waals surface area contributed by atoms with Crippen molar-refractivity contribution in [3.8, 4) is 5.75 Å². The molecule has 0 aliphatic heterocycles. The van der Waals surface area contributed by atoms with E-state index in [9.17, 15) is 0 Å². The number of aliphatic imine (C=N–C) groups is 1. The third-order valence-corrected chi connectivity index (χ3v) is 5.04. The monoisotopic (exact) mass is 512 g/mol. The number of methoxy groups -OCH3 is 1. The molecule has 0 fully saturated rings. The minimum atomic E-state index is 0. The normalized spacial score (nSPS) is 11.0. The van der Waals surface area contributed by atoms with Gasteiger partial charge in [-0.2, -0.15) is 0 Å². The Morgan fingerprint density at radius 2 is 2.00 bits per heavy atom. The van der Waals surface area contributed by atoms with Gasteiger partial charge in [0.1, 0.15) is 11.6 Å². The van der Waals surface area contributed by atoms with Gasteiger partial charge in [0, 0.05) is 11.9 Å². The summed E-state index contributed by atoms with van der Waals surface area (Å²) in [5.41, 5.74) is 1.08. The van der Waals surface area contributed by atoms with Crippen molar-refractivity contribution < 1.29 is 4.74 Å². The van der Waals surface area contributed by atoms with Gasteiger partial charge in [0.25, 0.3) is 0 Å².